The number of rotatable bonds is 6. The molecule has 0 fully saturated rings. The second-order valence-corrected chi connectivity index (χ2v) is 6.19. The van der Waals surface area contributed by atoms with Crippen LogP contribution >= 0.6 is 0 Å². The van der Waals surface area contributed by atoms with E-state index in [9.17, 15) is 4.79 Å². The van der Waals surface area contributed by atoms with E-state index in [1.165, 1.54) is 0 Å². The molecule has 2 aromatic carbocycles. The minimum Gasteiger partial charge on any atom is -0.494 e. The van der Waals surface area contributed by atoms with Crippen molar-refractivity contribution in [1.82, 2.24) is 10.3 Å². The molecule has 1 N–H and O–H groups in total. The molecule has 0 aliphatic carbocycles. The van der Waals surface area contributed by atoms with Crippen LogP contribution in [0.1, 0.15) is 13.3 Å². The van der Waals surface area contributed by atoms with Gasteiger partial charge in [-0.05, 0) is 53.1 Å². The molecule has 1 amide bonds. The zero-order chi connectivity index (χ0) is 19.3. The molecular weight excluding hydrogens is 362 g/mol. The number of fused-ring (bicyclic) bond motifs is 1. The maximum atomic E-state index is 12.6. The molecule has 28 heavy (non-hydrogen) atoms. The van der Waals surface area contributed by atoms with Gasteiger partial charge in [0.05, 0.1) is 6.61 Å². The lowest BCUT2D eigenvalue weighted by molar-refractivity contribution is -0.125. The largest absolute Gasteiger partial charge is 0.494 e. The first-order chi connectivity index (χ1) is 13.7. The fourth-order valence-corrected chi connectivity index (χ4v) is 2.73. The molecule has 8 heteroatoms. The first-order valence-electron chi connectivity index (χ1n) is 8.99. The highest BCUT2D eigenvalue weighted by Crippen LogP contribution is 2.32. The van der Waals surface area contributed by atoms with Crippen molar-refractivity contribution in [1.29, 1.82) is 0 Å². The van der Waals surface area contributed by atoms with Crippen LogP contribution in [0.4, 0.5) is 5.82 Å². The Balaban J connectivity index is 1.45. The Morgan fingerprint density at radius 1 is 1.14 bits per heavy atom. The van der Waals surface area contributed by atoms with Gasteiger partial charge in [-0.25, -0.2) is 4.63 Å². The SMILES string of the molecule is CCCOc1ccc(-c2nonc2NC(=O)[C@@H]2COc3ccccc3O2)cc1. The number of hydrogen-bond acceptors (Lipinski definition) is 7. The van der Waals surface area contributed by atoms with Gasteiger partial charge in [0, 0.05) is 5.56 Å². The van der Waals surface area contributed by atoms with Crippen LogP contribution in [0.2, 0.25) is 0 Å². The minimum atomic E-state index is -0.802. The number of nitrogens with zero attached hydrogens (tertiary/aromatic N) is 2. The molecule has 0 spiro atoms. The number of amides is 1. The van der Waals surface area contributed by atoms with Crippen LogP contribution in [0.3, 0.4) is 0 Å². The zero-order valence-corrected chi connectivity index (χ0v) is 15.3. The summed E-state index contributed by atoms with van der Waals surface area (Å²) < 4.78 is 21.7. The Hall–Kier alpha value is -3.55. The lowest BCUT2D eigenvalue weighted by Crippen LogP contribution is -2.40. The highest BCUT2D eigenvalue weighted by Gasteiger charge is 2.29. The van der Waals surface area contributed by atoms with E-state index in [1.54, 1.807) is 12.1 Å². The molecular formula is C20H19N3O5. The van der Waals surface area contributed by atoms with Crippen LogP contribution in [0.25, 0.3) is 11.3 Å². The molecule has 1 atom stereocenters. The number of carbonyl (C=O) groups excluding carboxylic acids is 1. The molecule has 0 saturated carbocycles. The van der Waals surface area contributed by atoms with Crippen molar-refractivity contribution < 1.29 is 23.6 Å². The van der Waals surface area contributed by atoms with Gasteiger partial charge in [0.15, 0.2) is 17.2 Å². The molecule has 144 valence electrons. The summed E-state index contributed by atoms with van der Waals surface area (Å²) in [6, 6.07) is 14.5. The van der Waals surface area contributed by atoms with Crippen LogP contribution in [-0.4, -0.2) is 35.5 Å². The average Bonchev–Trinajstić information content (AvgIpc) is 3.20. The zero-order valence-electron chi connectivity index (χ0n) is 15.3. The number of anilines is 1. The molecule has 0 unspecified atom stereocenters. The van der Waals surface area contributed by atoms with Gasteiger partial charge in [0.25, 0.3) is 5.91 Å². The third kappa shape index (κ3) is 3.75. The topological polar surface area (TPSA) is 95.7 Å². The molecule has 1 aliphatic heterocycles. The summed E-state index contributed by atoms with van der Waals surface area (Å²) in [6.07, 6.45) is 0.131. The molecule has 8 nitrogen and oxygen atoms in total. The van der Waals surface area contributed by atoms with Gasteiger partial charge in [-0.15, -0.1) is 0 Å². The number of ether oxygens (including phenoxy) is 3. The van der Waals surface area contributed by atoms with Gasteiger partial charge in [-0.2, -0.15) is 0 Å². The molecule has 4 rings (SSSR count). The number of carbonyl (C=O) groups is 1. The van der Waals surface area contributed by atoms with E-state index < -0.39 is 12.0 Å². The van der Waals surface area contributed by atoms with Crippen LogP contribution in [0, 0.1) is 0 Å². The van der Waals surface area contributed by atoms with Crippen molar-refractivity contribution in [3.63, 3.8) is 0 Å². The van der Waals surface area contributed by atoms with Gasteiger partial charge in [0.2, 0.25) is 11.9 Å². The number of nitrogens with one attached hydrogen (secondary N) is 1. The van der Waals surface area contributed by atoms with Crippen molar-refractivity contribution in [2.75, 3.05) is 18.5 Å². The van der Waals surface area contributed by atoms with E-state index in [-0.39, 0.29) is 12.4 Å². The van der Waals surface area contributed by atoms with E-state index >= 15 is 0 Å². The predicted octanol–water partition coefficient (Wildman–Crippen LogP) is 3.30. The maximum Gasteiger partial charge on any atom is 0.270 e. The van der Waals surface area contributed by atoms with Crippen molar-refractivity contribution >= 4 is 11.7 Å². The van der Waals surface area contributed by atoms with Gasteiger partial charge in [0.1, 0.15) is 12.4 Å². The number of hydrogen-bond donors (Lipinski definition) is 1. The number of aromatic nitrogens is 2. The normalized spacial score (nSPS) is 15.1. The first kappa shape index (κ1) is 17.8. The summed E-state index contributed by atoms with van der Waals surface area (Å²) in [5.74, 6) is 1.72. The molecule has 0 saturated heterocycles. The standard InChI is InChI=1S/C20H19N3O5/c1-2-11-25-14-9-7-13(8-10-14)18-19(23-28-22-18)21-20(24)17-12-26-15-5-3-4-6-16(15)27-17/h3-10,17H,2,11-12H2,1H3,(H,21,23,24)/t17-/m0/s1. The van der Waals surface area contributed by atoms with Crippen molar-refractivity contribution in [3.05, 3.63) is 48.5 Å². The maximum absolute atomic E-state index is 12.6. The van der Waals surface area contributed by atoms with Gasteiger partial charge in [-0.1, -0.05) is 19.1 Å². The molecule has 2 heterocycles. The molecule has 3 aromatic rings. The van der Waals surface area contributed by atoms with E-state index in [4.69, 9.17) is 18.8 Å². The quantitative estimate of drug-likeness (QED) is 0.700. The third-order valence-corrected chi connectivity index (χ3v) is 4.13. The van der Waals surface area contributed by atoms with Crippen molar-refractivity contribution in [2.45, 2.75) is 19.4 Å². The Kier molecular flexibility index (Phi) is 5.09. The summed E-state index contributed by atoms with van der Waals surface area (Å²) in [4.78, 5) is 12.6. The summed E-state index contributed by atoms with van der Waals surface area (Å²) in [7, 11) is 0. The van der Waals surface area contributed by atoms with Crippen molar-refractivity contribution in [3.8, 4) is 28.5 Å². The Labute approximate surface area is 161 Å². The Bertz CT molecular complexity index is 954. The van der Waals surface area contributed by atoms with E-state index in [1.807, 2.05) is 43.3 Å². The molecule has 1 aliphatic rings. The van der Waals surface area contributed by atoms with E-state index in [2.05, 4.69) is 15.6 Å². The fraction of sp³-hybridized carbons (Fsp3) is 0.250. The highest BCUT2D eigenvalue weighted by atomic mass is 16.6. The summed E-state index contributed by atoms with van der Waals surface area (Å²) in [6.45, 7) is 2.80. The van der Waals surface area contributed by atoms with Gasteiger partial charge >= 0.3 is 0 Å². The third-order valence-electron chi connectivity index (χ3n) is 4.13. The minimum absolute atomic E-state index is 0.104. The Morgan fingerprint density at radius 3 is 2.71 bits per heavy atom. The fourth-order valence-electron chi connectivity index (χ4n) is 2.73. The lowest BCUT2D eigenvalue weighted by Gasteiger charge is -2.25. The smallest absolute Gasteiger partial charge is 0.270 e. The van der Waals surface area contributed by atoms with Crippen molar-refractivity contribution in [2.24, 2.45) is 0 Å². The molecule has 0 radical (unpaired) electrons. The average molecular weight is 381 g/mol. The van der Waals surface area contributed by atoms with E-state index in [0.29, 0.717) is 23.8 Å². The van der Waals surface area contributed by atoms with Gasteiger partial charge in [-0.3, -0.25) is 4.79 Å². The number of para-hydroxylation sites is 2. The monoisotopic (exact) mass is 381 g/mol. The Morgan fingerprint density at radius 2 is 1.93 bits per heavy atom. The first-order valence-corrected chi connectivity index (χ1v) is 8.99. The summed E-state index contributed by atoms with van der Waals surface area (Å²) >= 11 is 0. The van der Waals surface area contributed by atoms with E-state index in [0.717, 1.165) is 17.7 Å². The van der Waals surface area contributed by atoms with Gasteiger partial charge < -0.3 is 19.5 Å². The van der Waals surface area contributed by atoms with Crippen LogP contribution in [0.15, 0.2) is 53.2 Å². The summed E-state index contributed by atoms with van der Waals surface area (Å²) in [5.41, 5.74) is 1.17. The van der Waals surface area contributed by atoms with Crippen LogP contribution < -0.4 is 19.5 Å². The second-order valence-electron chi connectivity index (χ2n) is 6.19. The highest BCUT2D eigenvalue weighted by molar-refractivity contribution is 5.96. The predicted molar refractivity (Wildman–Crippen MR) is 101 cm³/mol. The lowest BCUT2D eigenvalue weighted by atomic mass is 10.1. The van der Waals surface area contributed by atoms with Crippen LogP contribution in [-0.2, 0) is 4.79 Å². The number of benzene rings is 2. The van der Waals surface area contributed by atoms with Crippen LogP contribution in [0.5, 0.6) is 17.2 Å². The molecule has 0 bridgehead atoms. The second kappa shape index (κ2) is 7.99. The molecule has 1 aromatic heterocycles. The summed E-state index contributed by atoms with van der Waals surface area (Å²) in [5, 5.41) is 10.4.